The summed E-state index contributed by atoms with van der Waals surface area (Å²) < 4.78 is 45.0. The van der Waals surface area contributed by atoms with Crippen LogP contribution in [0.1, 0.15) is 17.3 Å². The van der Waals surface area contributed by atoms with Crippen LogP contribution in [-0.4, -0.2) is 29.3 Å². The van der Waals surface area contributed by atoms with Crippen molar-refractivity contribution in [2.24, 2.45) is 0 Å². The topological polar surface area (TPSA) is 77.5 Å². The van der Waals surface area contributed by atoms with Crippen LogP contribution in [-0.2, 0) is 9.53 Å². The number of pyridine rings is 1. The van der Waals surface area contributed by atoms with E-state index >= 15 is 0 Å². The Kier molecular flexibility index (Phi) is 6.04. The largest absolute Gasteiger partial charge is 0.573 e. The van der Waals surface area contributed by atoms with Crippen molar-refractivity contribution >= 4 is 29.2 Å². The second-order valence-corrected chi connectivity index (χ2v) is 5.31. The van der Waals surface area contributed by atoms with E-state index in [4.69, 9.17) is 16.3 Å². The number of nitrogens with one attached hydrogen (secondary N) is 1. The van der Waals surface area contributed by atoms with Crippen molar-refractivity contribution in [1.29, 1.82) is 0 Å². The van der Waals surface area contributed by atoms with E-state index in [2.05, 4.69) is 15.0 Å². The van der Waals surface area contributed by atoms with E-state index in [9.17, 15) is 22.8 Å². The third-order valence-corrected chi connectivity index (χ3v) is 3.29. The molecule has 0 aliphatic carbocycles. The maximum atomic E-state index is 12.1. The van der Waals surface area contributed by atoms with E-state index in [0.717, 1.165) is 12.1 Å². The molecule has 1 atom stereocenters. The van der Waals surface area contributed by atoms with Crippen molar-refractivity contribution in [3.63, 3.8) is 0 Å². The number of alkyl halides is 3. The zero-order chi connectivity index (χ0) is 19.3. The minimum Gasteiger partial charge on any atom is -0.449 e. The molecule has 0 bridgehead atoms. The average Bonchev–Trinajstić information content (AvgIpc) is 2.55. The van der Waals surface area contributed by atoms with Gasteiger partial charge in [-0.25, -0.2) is 9.78 Å². The standard InChI is InChI=1S/C16H12ClF3N2O4/c1-9(25-15(24)12-3-2-8-21-13(12)17)14(23)22-10-4-6-11(7-5-10)26-16(18,19)20/h2-9H,1H3,(H,22,23). The van der Waals surface area contributed by atoms with Gasteiger partial charge in [0, 0.05) is 11.9 Å². The third-order valence-electron chi connectivity index (χ3n) is 2.99. The summed E-state index contributed by atoms with van der Waals surface area (Å²) in [6.45, 7) is 1.33. The van der Waals surface area contributed by atoms with Gasteiger partial charge in [0.05, 0.1) is 5.56 Å². The molecule has 1 amide bonds. The highest BCUT2D eigenvalue weighted by molar-refractivity contribution is 6.32. The molecule has 10 heteroatoms. The summed E-state index contributed by atoms with van der Waals surface area (Å²) >= 11 is 5.77. The van der Waals surface area contributed by atoms with Gasteiger partial charge in [-0.05, 0) is 43.3 Å². The first-order valence-corrected chi connectivity index (χ1v) is 7.51. The lowest BCUT2D eigenvalue weighted by molar-refractivity contribution is -0.274. The predicted molar refractivity (Wildman–Crippen MR) is 85.9 cm³/mol. The molecule has 0 fully saturated rings. The number of esters is 1. The summed E-state index contributed by atoms with van der Waals surface area (Å²) in [6, 6.07) is 7.38. The SMILES string of the molecule is CC(OC(=O)c1cccnc1Cl)C(=O)Nc1ccc(OC(F)(F)F)cc1. The van der Waals surface area contributed by atoms with Gasteiger partial charge in [-0.1, -0.05) is 11.6 Å². The number of carbonyl (C=O) groups excluding carboxylic acids is 2. The van der Waals surface area contributed by atoms with Crippen LogP contribution in [0.25, 0.3) is 0 Å². The van der Waals surface area contributed by atoms with Crippen molar-refractivity contribution < 1.29 is 32.2 Å². The average molecular weight is 389 g/mol. The fourth-order valence-corrected chi connectivity index (χ4v) is 2.00. The summed E-state index contributed by atoms with van der Waals surface area (Å²) in [5, 5.41) is 2.34. The number of nitrogens with zero attached hydrogens (tertiary/aromatic N) is 1. The second-order valence-electron chi connectivity index (χ2n) is 4.95. The van der Waals surface area contributed by atoms with E-state index < -0.39 is 30.1 Å². The number of aromatic nitrogens is 1. The van der Waals surface area contributed by atoms with Gasteiger partial charge in [0.25, 0.3) is 5.91 Å². The van der Waals surface area contributed by atoms with Crippen LogP contribution in [0.15, 0.2) is 42.6 Å². The molecule has 1 N–H and O–H groups in total. The third kappa shape index (κ3) is 5.62. The molecule has 0 aliphatic heterocycles. The fourth-order valence-electron chi connectivity index (χ4n) is 1.80. The summed E-state index contributed by atoms with van der Waals surface area (Å²) in [5.74, 6) is -1.94. The molecule has 6 nitrogen and oxygen atoms in total. The molecule has 0 radical (unpaired) electrons. The highest BCUT2D eigenvalue weighted by Gasteiger charge is 2.31. The Morgan fingerprint density at radius 3 is 2.42 bits per heavy atom. The van der Waals surface area contributed by atoms with Gasteiger partial charge in [-0.2, -0.15) is 0 Å². The molecule has 138 valence electrons. The minimum absolute atomic E-state index is 0.00229. The predicted octanol–water partition coefficient (Wildman–Crippen LogP) is 3.82. The monoisotopic (exact) mass is 388 g/mol. The maximum Gasteiger partial charge on any atom is 0.573 e. The molecule has 1 heterocycles. The molecule has 0 saturated heterocycles. The molecule has 0 aliphatic rings. The number of ether oxygens (including phenoxy) is 2. The lowest BCUT2D eigenvalue weighted by atomic mass is 10.2. The second kappa shape index (κ2) is 8.05. The fraction of sp³-hybridized carbons (Fsp3) is 0.188. The quantitative estimate of drug-likeness (QED) is 0.622. The molecule has 0 saturated carbocycles. The Balaban J connectivity index is 1.94. The highest BCUT2D eigenvalue weighted by Crippen LogP contribution is 2.24. The molecular weight excluding hydrogens is 377 g/mol. The van der Waals surface area contributed by atoms with Gasteiger partial charge in [0.1, 0.15) is 10.9 Å². The maximum absolute atomic E-state index is 12.1. The first-order chi connectivity index (χ1) is 12.2. The van der Waals surface area contributed by atoms with Crippen molar-refractivity contribution in [2.45, 2.75) is 19.4 Å². The van der Waals surface area contributed by atoms with Crippen LogP contribution < -0.4 is 10.1 Å². The zero-order valence-electron chi connectivity index (χ0n) is 13.2. The zero-order valence-corrected chi connectivity index (χ0v) is 14.0. The first kappa shape index (κ1) is 19.5. The van der Waals surface area contributed by atoms with Crippen LogP contribution in [0.4, 0.5) is 18.9 Å². The van der Waals surface area contributed by atoms with E-state index in [1.54, 1.807) is 0 Å². The van der Waals surface area contributed by atoms with E-state index in [-0.39, 0.29) is 16.4 Å². The van der Waals surface area contributed by atoms with Gasteiger partial charge >= 0.3 is 12.3 Å². The summed E-state index contributed by atoms with van der Waals surface area (Å²) in [7, 11) is 0. The van der Waals surface area contributed by atoms with E-state index in [0.29, 0.717) is 0 Å². The molecule has 1 unspecified atom stereocenters. The van der Waals surface area contributed by atoms with Crippen LogP contribution in [0, 0.1) is 0 Å². The van der Waals surface area contributed by atoms with Gasteiger partial charge < -0.3 is 14.8 Å². The molecule has 1 aromatic heterocycles. The number of amides is 1. The number of benzene rings is 1. The van der Waals surface area contributed by atoms with Crippen molar-refractivity contribution in [3.05, 3.63) is 53.3 Å². The molecular formula is C16H12ClF3N2O4. The number of hydrogen-bond donors (Lipinski definition) is 1. The Labute approximate surface area is 150 Å². The van der Waals surface area contributed by atoms with Crippen molar-refractivity contribution in [3.8, 4) is 5.75 Å². The lowest BCUT2D eigenvalue weighted by Crippen LogP contribution is -2.30. The molecule has 1 aromatic carbocycles. The Bertz CT molecular complexity index is 797. The van der Waals surface area contributed by atoms with E-state index in [1.807, 2.05) is 0 Å². The van der Waals surface area contributed by atoms with Crippen molar-refractivity contribution in [2.75, 3.05) is 5.32 Å². The number of halogens is 4. The van der Waals surface area contributed by atoms with Gasteiger partial charge in [0.2, 0.25) is 0 Å². The highest BCUT2D eigenvalue weighted by atomic mass is 35.5. The lowest BCUT2D eigenvalue weighted by Gasteiger charge is -2.14. The number of anilines is 1. The molecule has 0 spiro atoms. The van der Waals surface area contributed by atoms with Gasteiger partial charge in [0.15, 0.2) is 6.10 Å². The summed E-state index contributed by atoms with van der Waals surface area (Å²) in [5.41, 5.74) is 0.203. The summed E-state index contributed by atoms with van der Waals surface area (Å²) in [4.78, 5) is 27.7. The Morgan fingerprint density at radius 1 is 1.19 bits per heavy atom. The number of rotatable bonds is 5. The van der Waals surface area contributed by atoms with Gasteiger partial charge in [-0.15, -0.1) is 13.2 Å². The minimum atomic E-state index is -4.80. The normalized spacial score (nSPS) is 12.2. The Hall–Kier alpha value is -2.81. The summed E-state index contributed by atoms with van der Waals surface area (Å²) in [6.07, 6.45) is -4.59. The number of hydrogen-bond acceptors (Lipinski definition) is 5. The number of carbonyl (C=O) groups is 2. The van der Waals surface area contributed by atoms with Crippen LogP contribution in [0.2, 0.25) is 5.15 Å². The van der Waals surface area contributed by atoms with Gasteiger partial charge in [-0.3, -0.25) is 4.79 Å². The van der Waals surface area contributed by atoms with Crippen LogP contribution in [0.5, 0.6) is 5.75 Å². The molecule has 2 rings (SSSR count). The van der Waals surface area contributed by atoms with Crippen molar-refractivity contribution in [1.82, 2.24) is 4.98 Å². The first-order valence-electron chi connectivity index (χ1n) is 7.14. The van der Waals surface area contributed by atoms with Crippen LogP contribution in [0.3, 0.4) is 0 Å². The van der Waals surface area contributed by atoms with E-state index in [1.165, 1.54) is 37.4 Å². The Morgan fingerprint density at radius 2 is 1.85 bits per heavy atom. The smallest absolute Gasteiger partial charge is 0.449 e. The molecule has 2 aromatic rings. The molecule has 26 heavy (non-hydrogen) atoms. The van der Waals surface area contributed by atoms with Crippen LogP contribution >= 0.6 is 11.6 Å².